The largest absolute Gasteiger partial charge is 0.472 e. The lowest BCUT2D eigenvalue weighted by molar-refractivity contribution is -0.213. The van der Waals surface area contributed by atoms with Crippen molar-refractivity contribution in [1.82, 2.24) is 0 Å². The maximum atomic E-state index is 13.1. The smallest absolute Gasteiger partial charge is 0.462 e. The van der Waals surface area contributed by atoms with Crippen LogP contribution in [0.1, 0.15) is 168 Å². The first-order valence-electron chi connectivity index (χ1n) is 24.6. The highest BCUT2D eigenvalue weighted by Crippen LogP contribution is 2.51. The molecule has 0 amide bonds. The molecule has 0 aromatic carbocycles. The van der Waals surface area contributed by atoms with Crippen molar-refractivity contribution in [2.75, 3.05) is 13.2 Å². The van der Waals surface area contributed by atoms with E-state index in [1.165, 1.54) is 70.6 Å². The molecule has 0 aromatic rings. The molecule has 0 bridgehead atoms. The van der Waals surface area contributed by atoms with Crippen LogP contribution in [-0.2, 0) is 50.9 Å². The molecule has 1 aliphatic rings. The molecule has 1 aliphatic carbocycles. The molecule has 1 saturated carbocycles. The Kier molecular flexibility index (Phi) is 36.2. The van der Waals surface area contributed by atoms with Crippen molar-refractivity contribution in [1.29, 1.82) is 0 Å². The average molecular weight is 1050 g/mol. The van der Waals surface area contributed by atoms with E-state index in [4.69, 9.17) is 18.5 Å². The van der Waals surface area contributed by atoms with Gasteiger partial charge in [0.15, 0.2) is 6.10 Å². The van der Waals surface area contributed by atoms with E-state index < -0.39 is 91.3 Å². The quantitative estimate of drug-likeness (QED) is 0.0122. The van der Waals surface area contributed by atoms with E-state index in [0.717, 1.165) is 51.4 Å². The van der Waals surface area contributed by atoms with Crippen LogP contribution in [0.3, 0.4) is 0 Å². The topological polar surface area (TPSA) is 303 Å². The number of unbranched alkanes of at least 4 members (excludes halogenated alkanes) is 15. The maximum absolute atomic E-state index is 13.1. The summed E-state index contributed by atoms with van der Waals surface area (Å²) in [6, 6.07) is 0. The van der Waals surface area contributed by atoms with E-state index in [1.54, 1.807) is 6.08 Å². The molecule has 0 heterocycles. The molecule has 0 saturated heterocycles. The van der Waals surface area contributed by atoms with E-state index in [9.17, 15) is 63.1 Å². The molecule has 0 spiro atoms. The highest BCUT2D eigenvalue weighted by molar-refractivity contribution is 7.47. The summed E-state index contributed by atoms with van der Waals surface area (Å²) < 4.78 is 65.4. The van der Waals surface area contributed by atoms with E-state index in [-0.39, 0.29) is 19.3 Å². The van der Waals surface area contributed by atoms with Gasteiger partial charge in [-0.1, -0.05) is 164 Å². The summed E-state index contributed by atoms with van der Waals surface area (Å²) >= 11 is 0. The molecule has 0 aromatic heterocycles. The van der Waals surface area contributed by atoms with Crippen LogP contribution in [-0.4, -0.2) is 108 Å². The lowest BCUT2D eigenvalue weighted by Gasteiger charge is -2.44. The number of carbonyl (C=O) groups is 2. The number of aliphatic hydroxyl groups excluding tert-OH is 3. The van der Waals surface area contributed by atoms with Gasteiger partial charge < -0.3 is 49.3 Å². The summed E-state index contributed by atoms with van der Waals surface area (Å²) in [5.74, 6) is -1.39. The number of esters is 2. The average Bonchev–Trinajstić information content (AvgIpc) is 3.28. The number of allylic oxidation sites excluding steroid dienone is 10. The number of hydrogen-bond acceptors (Lipinski definition) is 14. The highest BCUT2D eigenvalue weighted by Gasteiger charge is 2.56. The third kappa shape index (κ3) is 34.8. The summed E-state index contributed by atoms with van der Waals surface area (Å²) in [7, 11) is -16.6. The van der Waals surface area contributed by atoms with Gasteiger partial charge in [0, 0.05) is 12.8 Å². The molecule has 8 N–H and O–H groups in total. The van der Waals surface area contributed by atoms with Crippen LogP contribution >= 0.6 is 23.5 Å². The van der Waals surface area contributed by atoms with Gasteiger partial charge in [0.25, 0.3) is 0 Å². The second-order valence-corrected chi connectivity index (χ2v) is 20.8. The van der Waals surface area contributed by atoms with Crippen molar-refractivity contribution in [3.05, 3.63) is 60.8 Å². The first-order chi connectivity index (χ1) is 32.8. The van der Waals surface area contributed by atoms with Crippen molar-refractivity contribution >= 4 is 35.4 Å². The second-order valence-electron chi connectivity index (χ2n) is 17.0. The SMILES string of the molecule is CCCCC/C=C\C/C=C\C/C=C\C/C=C\C/C=C\CCC(=O)O[C@H](COC(=O)CCCCCCCCCCCCCCC)COP(=O)(O)O[C@H]1C(O)C(O)C(OP(=O)(O)O)[C@@H](OP(=O)(O)O)C1O. The minimum atomic E-state index is -5.61. The van der Waals surface area contributed by atoms with E-state index in [2.05, 4.69) is 59.4 Å². The number of hydrogen-bond donors (Lipinski definition) is 8. The Morgan fingerprint density at radius 2 is 0.870 bits per heavy atom. The van der Waals surface area contributed by atoms with Crippen molar-refractivity contribution in [3.63, 3.8) is 0 Å². The minimum absolute atomic E-state index is 0.0650. The first kappa shape index (κ1) is 64.9. The lowest BCUT2D eigenvalue weighted by Crippen LogP contribution is -2.65. The number of ether oxygens (including phenoxy) is 2. The van der Waals surface area contributed by atoms with Gasteiger partial charge in [-0.25, -0.2) is 13.7 Å². The maximum Gasteiger partial charge on any atom is 0.472 e. The molecule has 0 aliphatic heterocycles. The Bertz CT molecular complexity index is 1670. The zero-order chi connectivity index (χ0) is 51.4. The van der Waals surface area contributed by atoms with Gasteiger partial charge in [0.1, 0.15) is 43.2 Å². The summed E-state index contributed by atoms with van der Waals surface area (Å²) in [6.07, 6.45) is 26.8. The van der Waals surface area contributed by atoms with Gasteiger partial charge >= 0.3 is 35.4 Å². The van der Waals surface area contributed by atoms with Crippen LogP contribution in [0.4, 0.5) is 0 Å². The Hall–Kier alpha value is -2.15. The third-order valence-corrected chi connectivity index (χ3v) is 12.9. The number of phosphoric acid groups is 3. The fraction of sp³-hybridized carbons (Fsp3) is 0.745. The Morgan fingerprint density at radius 1 is 0.464 bits per heavy atom. The molecule has 22 heteroatoms. The Balaban J connectivity index is 2.77. The van der Waals surface area contributed by atoms with Crippen molar-refractivity contribution in [3.8, 4) is 0 Å². The standard InChI is InChI=1S/C47H83O19P3/c1-3-5-7-9-11-13-15-17-18-19-20-21-22-24-26-28-30-32-34-36-41(49)63-39(37-61-40(48)35-33-31-29-27-25-23-16-14-12-10-8-6-4-2)38-62-69(59,60)66-45-42(50)43(51)46(64-67(53,54)55)47(44(45)52)65-68(56,57)58/h11,13,17-18,20-21,24,26,30,32,39,42-47,50-52H,3-10,12,14-16,19,22-23,25,27-29,31,33-38H2,1-2H3,(H,59,60)(H2,53,54,55)(H2,56,57,58)/b13-11-,18-17-,21-20-,26-24-,32-30-/t39-,42?,43?,44?,45+,46?,47+/m1/s1. The summed E-state index contributed by atoms with van der Waals surface area (Å²) in [4.78, 5) is 73.2. The van der Waals surface area contributed by atoms with Gasteiger partial charge in [0.2, 0.25) is 0 Å². The molecule has 400 valence electrons. The van der Waals surface area contributed by atoms with Crippen LogP contribution in [0.5, 0.6) is 0 Å². The summed E-state index contributed by atoms with van der Waals surface area (Å²) in [5.41, 5.74) is 0. The monoisotopic (exact) mass is 1040 g/mol. The predicted molar refractivity (Wildman–Crippen MR) is 261 cm³/mol. The van der Waals surface area contributed by atoms with Gasteiger partial charge in [-0.3, -0.25) is 27.7 Å². The molecule has 0 radical (unpaired) electrons. The van der Waals surface area contributed by atoms with Crippen LogP contribution < -0.4 is 0 Å². The summed E-state index contributed by atoms with van der Waals surface area (Å²) in [6.45, 7) is 2.86. The zero-order valence-electron chi connectivity index (χ0n) is 40.6. The van der Waals surface area contributed by atoms with E-state index in [0.29, 0.717) is 12.8 Å². The Morgan fingerprint density at radius 3 is 1.35 bits per heavy atom. The molecule has 8 atom stereocenters. The first-order valence-corrected chi connectivity index (χ1v) is 29.1. The van der Waals surface area contributed by atoms with Crippen LogP contribution in [0.25, 0.3) is 0 Å². The number of rotatable bonds is 41. The van der Waals surface area contributed by atoms with Crippen molar-refractivity contribution < 1.29 is 90.6 Å². The minimum Gasteiger partial charge on any atom is -0.462 e. The molecule has 5 unspecified atom stereocenters. The molecule has 19 nitrogen and oxygen atoms in total. The normalized spacial score (nSPS) is 21.8. The van der Waals surface area contributed by atoms with Crippen molar-refractivity contribution in [2.24, 2.45) is 0 Å². The third-order valence-electron chi connectivity index (χ3n) is 10.8. The molecular weight excluding hydrogens is 961 g/mol. The van der Waals surface area contributed by atoms with Crippen LogP contribution in [0.2, 0.25) is 0 Å². The molecule has 1 fully saturated rings. The Labute approximate surface area is 409 Å². The van der Waals surface area contributed by atoms with E-state index >= 15 is 0 Å². The van der Waals surface area contributed by atoms with Crippen LogP contribution in [0.15, 0.2) is 60.8 Å². The van der Waals surface area contributed by atoms with E-state index in [1.807, 2.05) is 18.2 Å². The van der Waals surface area contributed by atoms with Gasteiger partial charge in [-0.15, -0.1) is 0 Å². The molecule has 1 rings (SSSR count). The number of phosphoric ester groups is 3. The zero-order valence-corrected chi connectivity index (χ0v) is 43.3. The highest BCUT2D eigenvalue weighted by atomic mass is 31.2. The van der Waals surface area contributed by atoms with Gasteiger partial charge in [0.05, 0.1) is 6.61 Å². The number of aliphatic hydroxyl groups is 3. The van der Waals surface area contributed by atoms with Crippen LogP contribution in [0, 0.1) is 0 Å². The fourth-order valence-corrected chi connectivity index (χ4v) is 9.25. The van der Waals surface area contributed by atoms with Crippen molar-refractivity contribution in [2.45, 2.75) is 211 Å². The lowest BCUT2D eigenvalue weighted by atomic mass is 9.85. The fourth-order valence-electron chi connectivity index (χ4n) is 7.15. The number of carbonyl (C=O) groups excluding carboxylic acids is 2. The predicted octanol–water partition coefficient (Wildman–Crippen LogP) is 9.18. The molecular formula is C47H83O19P3. The second kappa shape index (κ2) is 38.5. The van der Waals surface area contributed by atoms with Gasteiger partial charge in [-0.05, 0) is 51.4 Å². The molecule has 69 heavy (non-hydrogen) atoms. The van der Waals surface area contributed by atoms with Gasteiger partial charge in [-0.2, -0.15) is 0 Å². The summed E-state index contributed by atoms with van der Waals surface area (Å²) in [5, 5.41) is 31.9.